The molecule has 1 aliphatic heterocycles. The van der Waals surface area contributed by atoms with Crippen LogP contribution in [0.25, 0.3) is 11.0 Å². The van der Waals surface area contributed by atoms with E-state index in [2.05, 4.69) is 20.3 Å². The Morgan fingerprint density at radius 2 is 2.38 bits per heavy atom. The van der Waals surface area contributed by atoms with E-state index in [1.165, 1.54) is 13.4 Å². The summed E-state index contributed by atoms with van der Waals surface area (Å²) < 4.78 is 4.90. The summed E-state index contributed by atoms with van der Waals surface area (Å²) in [5.74, 6) is 0.0884. The Morgan fingerprint density at radius 1 is 1.50 bits per heavy atom. The zero-order valence-corrected chi connectivity index (χ0v) is 13.6. The van der Waals surface area contributed by atoms with Gasteiger partial charge in [0.1, 0.15) is 18.5 Å². The van der Waals surface area contributed by atoms with Gasteiger partial charge in [-0.2, -0.15) is 0 Å². The lowest BCUT2D eigenvalue weighted by Crippen LogP contribution is -2.44. The number of fused-ring (bicyclic) bond motifs is 1. The van der Waals surface area contributed by atoms with Gasteiger partial charge in [-0.15, -0.1) is 0 Å². The van der Waals surface area contributed by atoms with Crippen molar-refractivity contribution in [1.82, 2.24) is 25.2 Å². The van der Waals surface area contributed by atoms with Crippen LogP contribution >= 0.6 is 0 Å². The van der Waals surface area contributed by atoms with Crippen LogP contribution in [-0.2, 0) is 9.53 Å². The Morgan fingerprint density at radius 3 is 3.21 bits per heavy atom. The molecule has 0 bridgehead atoms. The van der Waals surface area contributed by atoms with Crippen LogP contribution in [0, 0.1) is 5.92 Å². The number of aromatic nitrogens is 3. The van der Waals surface area contributed by atoms with Crippen molar-refractivity contribution in [2.24, 2.45) is 5.92 Å². The highest BCUT2D eigenvalue weighted by molar-refractivity contribution is 6.04. The second-order valence-corrected chi connectivity index (χ2v) is 5.98. The summed E-state index contributed by atoms with van der Waals surface area (Å²) in [7, 11) is 1.52. The molecule has 0 aliphatic carbocycles. The van der Waals surface area contributed by atoms with E-state index in [0.29, 0.717) is 24.2 Å². The maximum Gasteiger partial charge on any atom is 0.255 e. The highest BCUT2D eigenvalue weighted by Crippen LogP contribution is 2.17. The van der Waals surface area contributed by atoms with Crippen LogP contribution in [-0.4, -0.2) is 65.0 Å². The minimum Gasteiger partial charge on any atom is -0.375 e. The summed E-state index contributed by atoms with van der Waals surface area (Å²) in [6.07, 6.45) is 6.64. The van der Waals surface area contributed by atoms with Crippen molar-refractivity contribution in [1.29, 1.82) is 0 Å². The second-order valence-electron chi connectivity index (χ2n) is 5.98. The maximum absolute atomic E-state index is 12.4. The summed E-state index contributed by atoms with van der Waals surface area (Å²) in [5, 5.41) is 2.95. The monoisotopic (exact) mass is 331 g/mol. The molecule has 3 heterocycles. The second kappa shape index (κ2) is 7.39. The van der Waals surface area contributed by atoms with Gasteiger partial charge < -0.3 is 19.9 Å². The number of amides is 2. The number of carbonyl (C=O) groups excluding carboxylic acids is 2. The molecule has 0 spiro atoms. The number of carbonyl (C=O) groups is 2. The van der Waals surface area contributed by atoms with E-state index >= 15 is 0 Å². The normalized spacial score (nSPS) is 17.9. The highest BCUT2D eigenvalue weighted by atomic mass is 16.5. The van der Waals surface area contributed by atoms with Gasteiger partial charge in [0, 0.05) is 32.9 Å². The van der Waals surface area contributed by atoms with Crippen LogP contribution < -0.4 is 5.32 Å². The van der Waals surface area contributed by atoms with Gasteiger partial charge in [0.25, 0.3) is 5.91 Å². The van der Waals surface area contributed by atoms with Crippen LogP contribution in [0.1, 0.15) is 23.2 Å². The van der Waals surface area contributed by atoms with E-state index in [-0.39, 0.29) is 24.3 Å². The molecule has 0 radical (unpaired) electrons. The highest BCUT2D eigenvalue weighted by Gasteiger charge is 2.24. The van der Waals surface area contributed by atoms with E-state index in [9.17, 15) is 9.59 Å². The fourth-order valence-corrected chi connectivity index (χ4v) is 3.05. The van der Waals surface area contributed by atoms with Crippen molar-refractivity contribution < 1.29 is 14.3 Å². The number of methoxy groups -OCH3 is 1. The summed E-state index contributed by atoms with van der Waals surface area (Å²) in [5.41, 5.74) is 1.86. The standard InChI is InChI=1S/C16H21N5O3/c1-24-9-14(22)21-4-2-3-11(8-21)5-19-16(23)12-6-18-13-7-17-10-20-15(12)13/h6-7,10-11,18H,2-5,8-9H2,1H3,(H,19,23). The van der Waals surface area contributed by atoms with E-state index in [0.717, 1.165) is 24.9 Å². The molecule has 0 aromatic carbocycles. The largest absolute Gasteiger partial charge is 0.375 e. The third-order valence-corrected chi connectivity index (χ3v) is 4.27. The zero-order chi connectivity index (χ0) is 16.9. The first kappa shape index (κ1) is 16.4. The van der Waals surface area contributed by atoms with E-state index < -0.39 is 0 Å². The fraction of sp³-hybridized carbons (Fsp3) is 0.500. The lowest BCUT2D eigenvalue weighted by atomic mass is 9.98. The Hall–Kier alpha value is -2.48. The number of H-pyrrole nitrogens is 1. The lowest BCUT2D eigenvalue weighted by Gasteiger charge is -2.32. The zero-order valence-electron chi connectivity index (χ0n) is 13.6. The van der Waals surface area contributed by atoms with Crippen molar-refractivity contribution in [2.45, 2.75) is 12.8 Å². The average Bonchev–Trinajstić information content (AvgIpc) is 3.04. The molecule has 128 valence electrons. The average molecular weight is 331 g/mol. The molecular weight excluding hydrogens is 310 g/mol. The minimum atomic E-state index is -0.166. The van der Waals surface area contributed by atoms with Gasteiger partial charge in [-0.05, 0) is 18.8 Å². The van der Waals surface area contributed by atoms with Crippen molar-refractivity contribution in [3.05, 3.63) is 24.3 Å². The fourth-order valence-electron chi connectivity index (χ4n) is 3.05. The predicted molar refractivity (Wildman–Crippen MR) is 87.4 cm³/mol. The van der Waals surface area contributed by atoms with Gasteiger partial charge in [0.2, 0.25) is 5.91 Å². The molecule has 2 N–H and O–H groups in total. The maximum atomic E-state index is 12.4. The molecule has 0 saturated carbocycles. The number of piperidine rings is 1. The SMILES string of the molecule is COCC(=O)N1CCCC(CNC(=O)c2c[nH]c3cncnc23)C1. The molecule has 2 aromatic heterocycles. The number of ether oxygens (including phenoxy) is 1. The van der Waals surface area contributed by atoms with E-state index in [4.69, 9.17) is 4.74 Å². The van der Waals surface area contributed by atoms with E-state index in [1.54, 1.807) is 12.4 Å². The number of nitrogens with zero attached hydrogens (tertiary/aromatic N) is 3. The summed E-state index contributed by atoms with van der Waals surface area (Å²) in [4.78, 5) is 37.2. The smallest absolute Gasteiger partial charge is 0.255 e. The number of hydrogen-bond acceptors (Lipinski definition) is 5. The molecule has 1 aliphatic rings. The summed E-state index contributed by atoms with van der Waals surface area (Å²) in [6, 6.07) is 0. The van der Waals surface area contributed by atoms with E-state index in [1.807, 2.05) is 4.90 Å². The Labute approximate surface area is 139 Å². The molecule has 1 atom stereocenters. The van der Waals surface area contributed by atoms with Crippen molar-refractivity contribution in [2.75, 3.05) is 33.4 Å². The van der Waals surface area contributed by atoms with Crippen molar-refractivity contribution in [3.63, 3.8) is 0 Å². The third kappa shape index (κ3) is 3.53. The molecule has 1 fully saturated rings. The molecular formula is C16H21N5O3. The molecule has 1 unspecified atom stereocenters. The van der Waals surface area contributed by atoms with Gasteiger partial charge in [-0.1, -0.05) is 0 Å². The Kier molecular flexibility index (Phi) is 5.05. The number of aromatic amines is 1. The topological polar surface area (TPSA) is 100 Å². The van der Waals surface area contributed by atoms with Gasteiger partial charge in [-0.25, -0.2) is 9.97 Å². The first-order chi connectivity index (χ1) is 11.7. The summed E-state index contributed by atoms with van der Waals surface area (Å²) in [6.45, 7) is 2.05. The number of nitrogens with one attached hydrogen (secondary N) is 2. The molecule has 1 saturated heterocycles. The molecule has 2 amide bonds. The molecule has 3 rings (SSSR count). The van der Waals surface area contributed by atoms with Crippen LogP contribution in [0.2, 0.25) is 0 Å². The van der Waals surface area contributed by atoms with Crippen molar-refractivity contribution >= 4 is 22.8 Å². The third-order valence-electron chi connectivity index (χ3n) is 4.27. The van der Waals surface area contributed by atoms with Gasteiger partial charge >= 0.3 is 0 Å². The predicted octanol–water partition coefficient (Wildman–Crippen LogP) is 0.573. The number of likely N-dealkylation sites (tertiary alicyclic amines) is 1. The molecule has 2 aromatic rings. The summed E-state index contributed by atoms with van der Waals surface area (Å²) >= 11 is 0. The van der Waals surface area contributed by atoms with Crippen LogP contribution in [0.15, 0.2) is 18.7 Å². The van der Waals surface area contributed by atoms with Gasteiger partial charge in [0.05, 0.1) is 17.3 Å². The van der Waals surface area contributed by atoms with Crippen molar-refractivity contribution in [3.8, 4) is 0 Å². The number of hydrogen-bond donors (Lipinski definition) is 2. The number of rotatable bonds is 5. The molecule has 8 nitrogen and oxygen atoms in total. The van der Waals surface area contributed by atoms with Gasteiger partial charge in [0.15, 0.2) is 0 Å². The first-order valence-electron chi connectivity index (χ1n) is 8.01. The molecule has 24 heavy (non-hydrogen) atoms. The minimum absolute atomic E-state index is 0.00172. The Balaban J connectivity index is 1.57. The van der Waals surface area contributed by atoms with Gasteiger partial charge in [-0.3, -0.25) is 9.59 Å². The molecule has 8 heteroatoms. The van der Waals surface area contributed by atoms with Crippen LogP contribution in [0.3, 0.4) is 0 Å². The first-order valence-corrected chi connectivity index (χ1v) is 8.01. The quantitative estimate of drug-likeness (QED) is 0.834. The van der Waals surface area contributed by atoms with Crippen LogP contribution in [0.4, 0.5) is 0 Å². The Bertz CT molecular complexity index is 729. The van der Waals surface area contributed by atoms with Crippen LogP contribution in [0.5, 0.6) is 0 Å². The lowest BCUT2D eigenvalue weighted by molar-refractivity contribution is -0.136.